The maximum atomic E-state index is 13.0. The largest absolute Gasteiger partial charge is 0.497 e. The van der Waals surface area contributed by atoms with E-state index in [1.165, 1.54) is 31.0 Å². The van der Waals surface area contributed by atoms with Gasteiger partial charge in [0, 0.05) is 18.0 Å². The molecule has 1 amide bonds. The second kappa shape index (κ2) is 9.73. The summed E-state index contributed by atoms with van der Waals surface area (Å²) in [7, 11) is 3.30. The smallest absolute Gasteiger partial charge is 0.277 e. The van der Waals surface area contributed by atoms with Crippen molar-refractivity contribution in [3.05, 3.63) is 29.7 Å². The van der Waals surface area contributed by atoms with E-state index in [-0.39, 0.29) is 17.7 Å². The number of nitrogens with zero attached hydrogens (tertiary/aromatic N) is 3. The molecular formula is C22H29N3O4S. The molecule has 2 aliphatic rings. The number of hydrogen-bond donors (Lipinski definition) is 0. The van der Waals surface area contributed by atoms with Gasteiger partial charge in [0.1, 0.15) is 11.5 Å². The van der Waals surface area contributed by atoms with Crippen molar-refractivity contribution in [1.82, 2.24) is 15.1 Å². The molecule has 8 heteroatoms. The first-order valence-corrected chi connectivity index (χ1v) is 11.7. The van der Waals surface area contributed by atoms with Gasteiger partial charge in [-0.3, -0.25) is 4.79 Å². The van der Waals surface area contributed by atoms with Gasteiger partial charge in [-0.2, -0.15) is 0 Å². The Bertz CT molecular complexity index is 866. The molecule has 2 fully saturated rings. The van der Waals surface area contributed by atoms with Crippen molar-refractivity contribution in [3.63, 3.8) is 0 Å². The Balaban J connectivity index is 1.40. The van der Waals surface area contributed by atoms with Gasteiger partial charge in [-0.15, -0.1) is 10.2 Å². The number of carbonyl (C=O) groups is 1. The summed E-state index contributed by atoms with van der Waals surface area (Å²) in [5.41, 5.74) is 0.991. The molecular weight excluding hydrogens is 402 g/mol. The fourth-order valence-corrected chi connectivity index (χ4v) is 5.14. The van der Waals surface area contributed by atoms with E-state index in [4.69, 9.17) is 13.9 Å². The van der Waals surface area contributed by atoms with Crippen LogP contribution in [0.4, 0.5) is 0 Å². The van der Waals surface area contributed by atoms with Crippen LogP contribution in [0.15, 0.2) is 27.8 Å². The van der Waals surface area contributed by atoms with Crippen LogP contribution in [0.5, 0.6) is 11.5 Å². The lowest BCUT2D eigenvalue weighted by molar-refractivity contribution is -0.129. The molecule has 0 radical (unpaired) electrons. The van der Waals surface area contributed by atoms with E-state index in [9.17, 15) is 4.79 Å². The van der Waals surface area contributed by atoms with Crippen molar-refractivity contribution >= 4 is 17.7 Å². The molecule has 1 aliphatic carbocycles. The number of methoxy groups -OCH3 is 2. The van der Waals surface area contributed by atoms with Crippen molar-refractivity contribution in [2.75, 3.05) is 26.5 Å². The fourth-order valence-electron chi connectivity index (χ4n) is 4.49. The fraction of sp³-hybridized carbons (Fsp3) is 0.591. The summed E-state index contributed by atoms with van der Waals surface area (Å²) in [6, 6.07) is 5.73. The highest BCUT2D eigenvalue weighted by molar-refractivity contribution is 7.99. The number of benzene rings is 1. The Morgan fingerprint density at radius 2 is 1.97 bits per heavy atom. The van der Waals surface area contributed by atoms with E-state index in [0.29, 0.717) is 11.1 Å². The van der Waals surface area contributed by atoms with Crippen LogP contribution >= 0.6 is 11.8 Å². The molecule has 2 heterocycles. The molecule has 0 unspecified atom stereocenters. The molecule has 2 aromatic rings. The maximum Gasteiger partial charge on any atom is 0.277 e. The van der Waals surface area contributed by atoms with E-state index >= 15 is 0 Å². The monoisotopic (exact) mass is 431 g/mol. The lowest BCUT2D eigenvalue weighted by atomic mass is 9.89. The first-order valence-electron chi connectivity index (χ1n) is 10.7. The summed E-state index contributed by atoms with van der Waals surface area (Å²) in [6.45, 7) is 0.738. The normalized spacial score (nSPS) is 19.8. The molecule has 1 aliphatic heterocycles. The van der Waals surface area contributed by atoms with Crippen LogP contribution in [-0.2, 0) is 4.79 Å². The van der Waals surface area contributed by atoms with Gasteiger partial charge < -0.3 is 18.8 Å². The van der Waals surface area contributed by atoms with Crippen LogP contribution < -0.4 is 9.47 Å². The number of aromatic nitrogens is 2. The lowest BCUT2D eigenvalue weighted by Crippen LogP contribution is -2.32. The van der Waals surface area contributed by atoms with Gasteiger partial charge in [0.2, 0.25) is 11.8 Å². The molecule has 1 saturated heterocycles. The maximum absolute atomic E-state index is 13.0. The van der Waals surface area contributed by atoms with Gasteiger partial charge in [-0.05, 0) is 43.9 Å². The predicted molar refractivity (Wildman–Crippen MR) is 114 cm³/mol. The molecule has 1 aromatic carbocycles. The van der Waals surface area contributed by atoms with Crippen molar-refractivity contribution in [2.45, 2.75) is 62.1 Å². The third-order valence-electron chi connectivity index (χ3n) is 6.06. The average Bonchev–Trinajstić information content (AvgIpc) is 3.47. The second-order valence-corrected chi connectivity index (χ2v) is 8.81. The summed E-state index contributed by atoms with van der Waals surface area (Å²) in [5, 5.41) is 8.87. The summed E-state index contributed by atoms with van der Waals surface area (Å²) >= 11 is 1.33. The summed E-state index contributed by atoms with van der Waals surface area (Å²) in [5.74, 6) is 3.01. The topological polar surface area (TPSA) is 77.7 Å². The Morgan fingerprint density at radius 3 is 2.73 bits per heavy atom. The highest BCUT2D eigenvalue weighted by atomic mass is 32.2. The summed E-state index contributed by atoms with van der Waals surface area (Å²) in [4.78, 5) is 14.9. The number of thioether (sulfide) groups is 1. The highest BCUT2D eigenvalue weighted by Crippen LogP contribution is 2.39. The SMILES string of the molecule is COc1ccc(OC)c([C@H]2CCCN2C(=O)CSc2nnc(C3CCCCC3)o2)c1. The zero-order chi connectivity index (χ0) is 20.9. The zero-order valence-electron chi connectivity index (χ0n) is 17.6. The van der Waals surface area contributed by atoms with Crippen molar-refractivity contribution in [2.24, 2.45) is 0 Å². The number of ether oxygens (including phenoxy) is 2. The lowest BCUT2D eigenvalue weighted by Gasteiger charge is -2.26. The molecule has 7 nitrogen and oxygen atoms in total. The van der Waals surface area contributed by atoms with E-state index < -0.39 is 0 Å². The molecule has 1 saturated carbocycles. The number of rotatable bonds is 7. The molecule has 1 atom stereocenters. The van der Waals surface area contributed by atoms with Crippen LogP contribution in [0.25, 0.3) is 0 Å². The Labute approximate surface area is 181 Å². The third kappa shape index (κ3) is 4.58. The van der Waals surface area contributed by atoms with Gasteiger partial charge in [0.15, 0.2) is 0 Å². The average molecular weight is 432 g/mol. The molecule has 1 aromatic heterocycles. The molecule has 162 valence electrons. The van der Waals surface area contributed by atoms with Crippen LogP contribution in [0.2, 0.25) is 0 Å². The third-order valence-corrected chi connectivity index (χ3v) is 6.87. The molecule has 0 spiro atoms. The van der Waals surface area contributed by atoms with Crippen LogP contribution in [-0.4, -0.2) is 47.5 Å². The first kappa shape index (κ1) is 21.0. The van der Waals surface area contributed by atoms with Gasteiger partial charge >= 0.3 is 0 Å². The van der Waals surface area contributed by atoms with Crippen LogP contribution in [0.3, 0.4) is 0 Å². The van der Waals surface area contributed by atoms with Crippen LogP contribution in [0.1, 0.15) is 68.4 Å². The van der Waals surface area contributed by atoms with E-state index in [2.05, 4.69) is 10.2 Å². The summed E-state index contributed by atoms with van der Waals surface area (Å²) < 4.78 is 16.8. The molecule has 4 rings (SSSR count). The van der Waals surface area contributed by atoms with Gasteiger partial charge in [0.05, 0.1) is 26.0 Å². The van der Waals surface area contributed by atoms with Crippen molar-refractivity contribution in [1.29, 1.82) is 0 Å². The van der Waals surface area contributed by atoms with Gasteiger partial charge in [-0.25, -0.2) is 0 Å². The minimum absolute atomic E-state index is 0.0105. The standard InChI is InChI=1S/C22H29N3O4S/c1-27-16-10-11-19(28-2)17(13-16)18-9-6-12-25(18)20(26)14-30-22-24-23-21(29-22)15-7-4-3-5-8-15/h10-11,13,15,18H,3-9,12,14H2,1-2H3/t18-/m1/s1. The number of amides is 1. The Morgan fingerprint density at radius 1 is 1.13 bits per heavy atom. The second-order valence-electron chi connectivity index (χ2n) is 7.88. The number of carbonyl (C=O) groups excluding carboxylic acids is 1. The number of likely N-dealkylation sites (tertiary alicyclic amines) is 1. The Kier molecular flexibility index (Phi) is 6.82. The minimum atomic E-state index is -0.0105. The van der Waals surface area contributed by atoms with E-state index in [1.807, 2.05) is 23.1 Å². The first-order chi connectivity index (χ1) is 14.7. The van der Waals surface area contributed by atoms with Crippen molar-refractivity contribution < 1.29 is 18.7 Å². The van der Waals surface area contributed by atoms with Gasteiger partial charge in [-0.1, -0.05) is 31.0 Å². The van der Waals surface area contributed by atoms with Crippen LogP contribution in [0, 0.1) is 0 Å². The zero-order valence-corrected chi connectivity index (χ0v) is 18.5. The molecule has 0 N–H and O–H groups in total. The van der Waals surface area contributed by atoms with Crippen molar-refractivity contribution in [3.8, 4) is 11.5 Å². The summed E-state index contributed by atoms with van der Waals surface area (Å²) in [6.07, 6.45) is 7.83. The van der Waals surface area contributed by atoms with Gasteiger partial charge in [0.25, 0.3) is 5.22 Å². The molecule has 30 heavy (non-hydrogen) atoms. The Hall–Kier alpha value is -2.22. The quantitative estimate of drug-likeness (QED) is 0.593. The molecule has 0 bridgehead atoms. The minimum Gasteiger partial charge on any atom is -0.497 e. The highest BCUT2D eigenvalue weighted by Gasteiger charge is 2.32. The van der Waals surface area contributed by atoms with E-state index in [0.717, 1.165) is 55.2 Å². The predicted octanol–water partition coefficient (Wildman–Crippen LogP) is 4.59. The number of hydrogen-bond acceptors (Lipinski definition) is 7. The van der Waals surface area contributed by atoms with E-state index in [1.54, 1.807) is 14.2 Å².